The third-order valence-corrected chi connectivity index (χ3v) is 5.31. The summed E-state index contributed by atoms with van der Waals surface area (Å²) < 4.78 is 0. The normalized spacial score (nSPS) is 17.6. The van der Waals surface area contributed by atoms with E-state index in [9.17, 15) is 9.59 Å². The van der Waals surface area contributed by atoms with Crippen molar-refractivity contribution in [2.24, 2.45) is 11.8 Å². The molecule has 6 nitrogen and oxygen atoms in total. The van der Waals surface area contributed by atoms with E-state index in [1.165, 1.54) is 0 Å². The smallest absolute Gasteiger partial charge is 0.227 e. The van der Waals surface area contributed by atoms with Gasteiger partial charge in [0.05, 0.1) is 5.69 Å². The molecule has 1 saturated heterocycles. The van der Waals surface area contributed by atoms with E-state index in [4.69, 9.17) is 0 Å². The monoisotopic (exact) mass is 364 g/mol. The number of piperidine rings is 1. The van der Waals surface area contributed by atoms with Gasteiger partial charge in [0.25, 0.3) is 0 Å². The minimum absolute atomic E-state index is 0.0320. The molecular weight excluding hydrogens is 340 g/mol. The molecule has 0 unspecified atom stereocenters. The van der Waals surface area contributed by atoms with Crippen LogP contribution in [0.4, 0.5) is 5.69 Å². The summed E-state index contributed by atoms with van der Waals surface area (Å²) in [5.74, 6) is 1.24. The maximum absolute atomic E-state index is 12.7. The maximum atomic E-state index is 12.7. The molecule has 1 aromatic carbocycles. The van der Waals surface area contributed by atoms with Gasteiger partial charge in [0.2, 0.25) is 11.8 Å². The molecule has 2 amide bonds. The van der Waals surface area contributed by atoms with Crippen molar-refractivity contribution in [3.63, 3.8) is 0 Å². The van der Waals surface area contributed by atoms with Gasteiger partial charge < -0.3 is 10.2 Å². The standard InChI is InChI=1S/C21H24N4O2/c1-14-22-10-7-19(23-14)17-3-2-4-18(13-17)24-20(26)15-8-11-25(12-9-15)21(27)16-5-6-16/h2-4,7,10,13,15-16H,5-6,8-9,11-12H2,1H3,(H,24,26). The van der Waals surface area contributed by atoms with E-state index in [2.05, 4.69) is 15.3 Å². The van der Waals surface area contributed by atoms with Gasteiger partial charge >= 0.3 is 0 Å². The highest BCUT2D eigenvalue weighted by atomic mass is 16.2. The molecule has 27 heavy (non-hydrogen) atoms. The number of benzene rings is 1. The van der Waals surface area contributed by atoms with Crippen LogP contribution in [0, 0.1) is 18.8 Å². The lowest BCUT2D eigenvalue weighted by Gasteiger charge is -2.31. The van der Waals surface area contributed by atoms with Gasteiger partial charge in [-0.15, -0.1) is 0 Å². The number of anilines is 1. The highest BCUT2D eigenvalue weighted by Crippen LogP contribution is 2.32. The van der Waals surface area contributed by atoms with Crippen LogP contribution in [-0.4, -0.2) is 39.8 Å². The molecule has 4 rings (SSSR count). The first-order valence-corrected chi connectivity index (χ1v) is 9.60. The summed E-state index contributed by atoms with van der Waals surface area (Å²) in [5.41, 5.74) is 2.55. The molecule has 2 aromatic rings. The second kappa shape index (κ2) is 7.47. The summed E-state index contributed by atoms with van der Waals surface area (Å²) >= 11 is 0. The third kappa shape index (κ3) is 4.15. The summed E-state index contributed by atoms with van der Waals surface area (Å²) in [4.78, 5) is 35.3. The zero-order valence-electron chi connectivity index (χ0n) is 15.5. The molecule has 2 heterocycles. The summed E-state index contributed by atoms with van der Waals surface area (Å²) in [6, 6.07) is 9.58. The van der Waals surface area contributed by atoms with Gasteiger partial charge in [0, 0.05) is 42.4 Å². The lowest BCUT2D eigenvalue weighted by atomic mass is 9.95. The zero-order chi connectivity index (χ0) is 18.8. The molecular formula is C21H24N4O2. The van der Waals surface area contributed by atoms with Crippen molar-refractivity contribution in [3.05, 3.63) is 42.4 Å². The molecule has 0 bridgehead atoms. The summed E-state index contributed by atoms with van der Waals surface area (Å²) in [6.45, 7) is 3.23. The zero-order valence-corrected chi connectivity index (χ0v) is 15.5. The average molecular weight is 364 g/mol. The maximum Gasteiger partial charge on any atom is 0.227 e. The van der Waals surface area contributed by atoms with E-state index in [1.54, 1.807) is 6.20 Å². The first kappa shape index (κ1) is 17.6. The predicted octanol–water partition coefficient (Wildman–Crippen LogP) is 3.04. The molecule has 1 aliphatic carbocycles. The highest BCUT2D eigenvalue weighted by Gasteiger charge is 2.35. The Balaban J connectivity index is 1.37. The lowest BCUT2D eigenvalue weighted by molar-refractivity contribution is -0.135. The van der Waals surface area contributed by atoms with Crippen LogP contribution in [-0.2, 0) is 9.59 Å². The Labute approximate surface area is 159 Å². The minimum Gasteiger partial charge on any atom is -0.342 e. The van der Waals surface area contributed by atoms with Gasteiger partial charge in [-0.2, -0.15) is 0 Å². The Bertz CT molecular complexity index is 855. The Hall–Kier alpha value is -2.76. The van der Waals surface area contributed by atoms with Gasteiger partial charge in [-0.25, -0.2) is 9.97 Å². The number of hydrogen-bond donors (Lipinski definition) is 1. The average Bonchev–Trinajstić information content (AvgIpc) is 3.53. The van der Waals surface area contributed by atoms with E-state index >= 15 is 0 Å². The highest BCUT2D eigenvalue weighted by molar-refractivity contribution is 5.93. The number of hydrogen-bond acceptors (Lipinski definition) is 4. The van der Waals surface area contributed by atoms with Crippen LogP contribution in [0.15, 0.2) is 36.5 Å². The quantitative estimate of drug-likeness (QED) is 0.905. The van der Waals surface area contributed by atoms with Crippen LogP contribution >= 0.6 is 0 Å². The van der Waals surface area contributed by atoms with Gasteiger partial charge in [-0.05, 0) is 50.8 Å². The summed E-state index contributed by atoms with van der Waals surface area (Å²) in [5, 5.41) is 3.03. The van der Waals surface area contributed by atoms with Gasteiger partial charge in [0.1, 0.15) is 5.82 Å². The minimum atomic E-state index is -0.0433. The van der Waals surface area contributed by atoms with Crippen molar-refractivity contribution in [1.29, 1.82) is 0 Å². The molecule has 2 aliphatic rings. The van der Waals surface area contributed by atoms with Gasteiger partial charge in [-0.3, -0.25) is 9.59 Å². The van der Waals surface area contributed by atoms with E-state index in [1.807, 2.05) is 42.2 Å². The van der Waals surface area contributed by atoms with Crippen LogP contribution in [0.25, 0.3) is 11.3 Å². The van der Waals surface area contributed by atoms with Crippen molar-refractivity contribution >= 4 is 17.5 Å². The molecule has 2 fully saturated rings. The molecule has 1 aliphatic heterocycles. The topological polar surface area (TPSA) is 75.2 Å². The largest absolute Gasteiger partial charge is 0.342 e. The Morgan fingerprint density at radius 1 is 1.07 bits per heavy atom. The molecule has 140 valence electrons. The Morgan fingerprint density at radius 3 is 2.56 bits per heavy atom. The fourth-order valence-electron chi connectivity index (χ4n) is 3.57. The van der Waals surface area contributed by atoms with E-state index in [0.717, 1.165) is 48.5 Å². The number of carbonyl (C=O) groups excluding carboxylic acids is 2. The molecule has 0 atom stereocenters. The number of rotatable bonds is 4. The van der Waals surface area contributed by atoms with Crippen molar-refractivity contribution in [2.75, 3.05) is 18.4 Å². The summed E-state index contributed by atoms with van der Waals surface area (Å²) in [7, 11) is 0. The van der Waals surface area contributed by atoms with E-state index in [0.29, 0.717) is 13.1 Å². The SMILES string of the molecule is Cc1nccc(-c2cccc(NC(=O)C3CCN(C(=O)C4CC4)CC3)c2)n1. The van der Waals surface area contributed by atoms with Crippen LogP contribution in [0.3, 0.4) is 0 Å². The van der Waals surface area contributed by atoms with Gasteiger partial charge in [-0.1, -0.05) is 12.1 Å². The molecule has 1 saturated carbocycles. The second-order valence-corrected chi connectivity index (χ2v) is 7.43. The van der Waals surface area contributed by atoms with Crippen LogP contribution < -0.4 is 5.32 Å². The third-order valence-electron chi connectivity index (χ3n) is 5.31. The first-order chi connectivity index (χ1) is 13.1. The molecule has 0 spiro atoms. The molecule has 1 N–H and O–H groups in total. The number of nitrogens with zero attached hydrogens (tertiary/aromatic N) is 3. The fourth-order valence-corrected chi connectivity index (χ4v) is 3.57. The van der Waals surface area contributed by atoms with Crippen molar-refractivity contribution < 1.29 is 9.59 Å². The predicted molar refractivity (Wildman–Crippen MR) is 103 cm³/mol. The van der Waals surface area contributed by atoms with Crippen molar-refractivity contribution in [1.82, 2.24) is 14.9 Å². The lowest BCUT2D eigenvalue weighted by Crippen LogP contribution is -2.42. The summed E-state index contributed by atoms with van der Waals surface area (Å²) in [6.07, 6.45) is 5.26. The second-order valence-electron chi connectivity index (χ2n) is 7.43. The fraction of sp³-hybridized carbons (Fsp3) is 0.429. The Kier molecular flexibility index (Phi) is 4.88. The number of likely N-dealkylation sites (tertiary alicyclic amines) is 1. The number of amides is 2. The Morgan fingerprint density at radius 2 is 1.85 bits per heavy atom. The number of nitrogens with one attached hydrogen (secondary N) is 1. The number of aromatic nitrogens is 2. The van der Waals surface area contributed by atoms with Crippen LogP contribution in [0.5, 0.6) is 0 Å². The van der Waals surface area contributed by atoms with Crippen LogP contribution in [0.1, 0.15) is 31.5 Å². The van der Waals surface area contributed by atoms with Crippen molar-refractivity contribution in [2.45, 2.75) is 32.6 Å². The number of carbonyl (C=O) groups is 2. The molecule has 1 aromatic heterocycles. The van der Waals surface area contributed by atoms with Crippen LogP contribution in [0.2, 0.25) is 0 Å². The van der Waals surface area contributed by atoms with E-state index in [-0.39, 0.29) is 23.7 Å². The first-order valence-electron chi connectivity index (χ1n) is 9.60. The van der Waals surface area contributed by atoms with E-state index < -0.39 is 0 Å². The number of aryl methyl sites for hydroxylation is 1. The van der Waals surface area contributed by atoms with Crippen molar-refractivity contribution in [3.8, 4) is 11.3 Å². The van der Waals surface area contributed by atoms with Gasteiger partial charge in [0.15, 0.2) is 0 Å². The molecule has 0 radical (unpaired) electrons. The molecule has 6 heteroatoms.